The van der Waals surface area contributed by atoms with E-state index >= 15 is 0 Å². The molecule has 0 radical (unpaired) electrons. The van der Waals surface area contributed by atoms with Crippen molar-refractivity contribution in [3.8, 4) is 5.75 Å². The van der Waals surface area contributed by atoms with Crippen LogP contribution >= 0.6 is 0 Å². The molecule has 0 aliphatic heterocycles. The van der Waals surface area contributed by atoms with Crippen LogP contribution < -0.4 is 9.64 Å². The van der Waals surface area contributed by atoms with Crippen LogP contribution in [0.2, 0.25) is 0 Å². The summed E-state index contributed by atoms with van der Waals surface area (Å²) in [6, 6.07) is 4.26. The van der Waals surface area contributed by atoms with Crippen LogP contribution in [-0.2, 0) is 0 Å². The predicted molar refractivity (Wildman–Crippen MR) is 52.2 cm³/mol. The second-order valence-corrected chi connectivity index (χ2v) is 3.39. The molecule has 0 spiro atoms. The predicted octanol–water partition coefficient (Wildman–Crippen LogP) is 2.96. The minimum absolute atomic E-state index is 0.189. The molecule has 0 atom stereocenters. The first-order valence-corrected chi connectivity index (χ1v) is 4.33. The van der Waals surface area contributed by atoms with Gasteiger partial charge in [-0.3, -0.25) is 0 Å². The van der Waals surface area contributed by atoms with Crippen molar-refractivity contribution < 1.29 is 17.9 Å². The van der Waals surface area contributed by atoms with Gasteiger partial charge in [0.2, 0.25) is 0 Å². The first-order valence-electron chi connectivity index (χ1n) is 4.33. The Hall–Kier alpha value is -1.39. The Morgan fingerprint density at radius 2 is 1.80 bits per heavy atom. The van der Waals surface area contributed by atoms with Gasteiger partial charge in [0.25, 0.3) is 0 Å². The van der Waals surface area contributed by atoms with Crippen LogP contribution in [0.15, 0.2) is 18.2 Å². The molecule has 0 saturated carbocycles. The average Bonchev–Trinajstić information content (AvgIpc) is 1.99. The number of halogens is 3. The number of rotatable bonds is 2. The first kappa shape index (κ1) is 11.7. The van der Waals surface area contributed by atoms with Crippen molar-refractivity contribution in [3.05, 3.63) is 23.8 Å². The van der Waals surface area contributed by atoms with Crippen LogP contribution in [0.3, 0.4) is 0 Å². The molecule has 0 heterocycles. The number of anilines is 1. The molecule has 5 heteroatoms. The molecule has 0 bridgehead atoms. The van der Waals surface area contributed by atoms with Gasteiger partial charge in [0.1, 0.15) is 5.75 Å². The lowest BCUT2D eigenvalue weighted by Gasteiger charge is -2.17. The van der Waals surface area contributed by atoms with Crippen molar-refractivity contribution in [1.29, 1.82) is 0 Å². The molecule has 2 nitrogen and oxygen atoms in total. The average molecular weight is 219 g/mol. The normalized spacial score (nSPS) is 11.3. The number of hydrogen-bond donors (Lipinski definition) is 0. The number of aryl methyl sites for hydroxylation is 1. The second-order valence-electron chi connectivity index (χ2n) is 3.39. The van der Waals surface area contributed by atoms with E-state index in [4.69, 9.17) is 0 Å². The van der Waals surface area contributed by atoms with Crippen LogP contribution in [0.1, 0.15) is 5.56 Å². The zero-order chi connectivity index (χ0) is 11.6. The highest BCUT2D eigenvalue weighted by Gasteiger charge is 2.31. The highest BCUT2D eigenvalue weighted by Crippen LogP contribution is 2.27. The second kappa shape index (κ2) is 4.00. The summed E-state index contributed by atoms with van der Waals surface area (Å²) in [5.41, 5.74) is 1.60. The summed E-state index contributed by atoms with van der Waals surface area (Å²) in [6.07, 6.45) is -4.63. The Morgan fingerprint density at radius 3 is 2.20 bits per heavy atom. The Labute approximate surface area is 86.3 Å². The number of ether oxygens (including phenoxy) is 1. The van der Waals surface area contributed by atoms with Gasteiger partial charge in [-0.25, -0.2) is 0 Å². The van der Waals surface area contributed by atoms with Crippen molar-refractivity contribution in [2.24, 2.45) is 0 Å². The maximum Gasteiger partial charge on any atom is 0.573 e. The molecule has 0 saturated heterocycles. The van der Waals surface area contributed by atoms with Gasteiger partial charge in [-0.2, -0.15) is 0 Å². The summed E-state index contributed by atoms with van der Waals surface area (Å²) in [5.74, 6) is -0.189. The number of hydrogen-bond acceptors (Lipinski definition) is 2. The zero-order valence-electron chi connectivity index (χ0n) is 8.72. The minimum Gasteiger partial charge on any atom is -0.406 e. The number of alkyl halides is 3. The van der Waals surface area contributed by atoms with E-state index in [9.17, 15) is 13.2 Å². The molecule has 0 aromatic heterocycles. The van der Waals surface area contributed by atoms with E-state index < -0.39 is 6.36 Å². The molecular weight excluding hydrogens is 207 g/mol. The molecule has 1 aromatic rings. The van der Waals surface area contributed by atoms with Gasteiger partial charge in [0, 0.05) is 19.8 Å². The van der Waals surface area contributed by atoms with Gasteiger partial charge in [0.15, 0.2) is 0 Å². The van der Waals surface area contributed by atoms with Crippen LogP contribution in [0.5, 0.6) is 5.75 Å². The molecule has 0 N–H and O–H groups in total. The third-order valence-electron chi connectivity index (χ3n) is 1.88. The molecule has 0 amide bonds. The Bertz CT molecular complexity index is 347. The lowest BCUT2D eigenvalue weighted by molar-refractivity contribution is -0.274. The fourth-order valence-corrected chi connectivity index (χ4v) is 1.33. The van der Waals surface area contributed by atoms with Crippen LogP contribution in [0.4, 0.5) is 18.9 Å². The summed E-state index contributed by atoms with van der Waals surface area (Å²) < 4.78 is 39.5. The first-order chi connectivity index (χ1) is 6.79. The molecule has 0 aliphatic carbocycles. The summed E-state index contributed by atoms with van der Waals surface area (Å²) in [4.78, 5) is 1.83. The van der Waals surface area contributed by atoms with Gasteiger partial charge in [-0.1, -0.05) is 0 Å². The Balaban J connectivity index is 2.92. The molecular formula is C10H12F3NO. The Kier molecular flexibility index (Phi) is 3.12. The van der Waals surface area contributed by atoms with Crippen molar-refractivity contribution >= 4 is 5.69 Å². The van der Waals surface area contributed by atoms with Crippen molar-refractivity contribution in [3.63, 3.8) is 0 Å². The van der Waals surface area contributed by atoms with E-state index in [0.29, 0.717) is 0 Å². The third kappa shape index (κ3) is 3.34. The summed E-state index contributed by atoms with van der Waals surface area (Å²) in [5, 5.41) is 0. The van der Waals surface area contributed by atoms with Crippen LogP contribution in [-0.4, -0.2) is 20.5 Å². The monoisotopic (exact) mass is 219 g/mol. The van der Waals surface area contributed by atoms with Crippen LogP contribution in [0.25, 0.3) is 0 Å². The van der Waals surface area contributed by atoms with Crippen molar-refractivity contribution in [2.45, 2.75) is 13.3 Å². The Morgan fingerprint density at radius 1 is 1.20 bits per heavy atom. The largest absolute Gasteiger partial charge is 0.573 e. The molecule has 84 valence electrons. The zero-order valence-corrected chi connectivity index (χ0v) is 8.72. The van der Waals surface area contributed by atoms with E-state index in [1.807, 2.05) is 19.0 Å². The third-order valence-corrected chi connectivity index (χ3v) is 1.88. The van der Waals surface area contributed by atoms with Crippen molar-refractivity contribution in [1.82, 2.24) is 0 Å². The van der Waals surface area contributed by atoms with Gasteiger partial charge in [0.05, 0.1) is 0 Å². The smallest absolute Gasteiger partial charge is 0.406 e. The topological polar surface area (TPSA) is 12.5 Å². The molecule has 1 aromatic carbocycles. The van der Waals surface area contributed by atoms with E-state index in [2.05, 4.69) is 4.74 Å². The highest BCUT2D eigenvalue weighted by molar-refractivity contribution is 5.54. The molecule has 1 rings (SSSR count). The lowest BCUT2D eigenvalue weighted by Crippen LogP contribution is -2.17. The van der Waals surface area contributed by atoms with Gasteiger partial charge in [-0.05, 0) is 30.7 Å². The summed E-state index contributed by atoms with van der Waals surface area (Å²) >= 11 is 0. The molecule has 0 unspecified atom stereocenters. The molecule has 0 aliphatic rings. The lowest BCUT2D eigenvalue weighted by atomic mass is 10.2. The van der Waals surface area contributed by atoms with Crippen LogP contribution in [0, 0.1) is 6.92 Å². The number of nitrogens with zero attached hydrogens (tertiary/aromatic N) is 1. The fraction of sp³-hybridized carbons (Fsp3) is 0.400. The van der Waals surface area contributed by atoms with Gasteiger partial charge < -0.3 is 9.64 Å². The standard InChI is InChI=1S/C10H12F3NO/c1-7-6-8(15-10(11,12)13)4-5-9(7)14(2)3/h4-6H,1-3H3. The van der Waals surface area contributed by atoms with Gasteiger partial charge in [-0.15, -0.1) is 13.2 Å². The SMILES string of the molecule is Cc1cc(OC(F)(F)F)ccc1N(C)C. The molecule has 15 heavy (non-hydrogen) atoms. The fourth-order valence-electron chi connectivity index (χ4n) is 1.33. The van der Waals surface area contributed by atoms with Gasteiger partial charge >= 0.3 is 6.36 Å². The van der Waals surface area contributed by atoms with E-state index in [1.165, 1.54) is 12.1 Å². The maximum absolute atomic E-state index is 11.9. The van der Waals surface area contributed by atoms with E-state index in [0.717, 1.165) is 11.3 Å². The maximum atomic E-state index is 11.9. The van der Waals surface area contributed by atoms with E-state index in [1.54, 1.807) is 13.0 Å². The highest BCUT2D eigenvalue weighted by atomic mass is 19.4. The minimum atomic E-state index is -4.63. The summed E-state index contributed by atoms with van der Waals surface area (Å²) in [7, 11) is 3.65. The summed E-state index contributed by atoms with van der Waals surface area (Å²) in [6.45, 7) is 1.73. The van der Waals surface area contributed by atoms with Crippen molar-refractivity contribution in [2.75, 3.05) is 19.0 Å². The molecule has 0 fully saturated rings. The number of benzene rings is 1. The quantitative estimate of drug-likeness (QED) is 0.758. The van der Waals surface area contributed by atoms with E-state index in [-0.39, 0.29) is 5.75 Å².